The van der Waals surface area contributed by atoms with Gasteiger partial charge in [-0.05, 0) is 72.9 Å². The van der Waals surface area contributed by atoms with E-state index in [9.17, 15) is 0 Å². The first kappa shape index (κ1) is 17.8. The molecule has 150 valence electrons. The molecule has 30 heavy (non-hydrogen) atoms. The van der Waals surface area contributed by atoms with Gasteiger partial charge < -0.3 is 4.90 Å². The number of fused-ring (bicyclic) bond motifs is 7. The van der Waals surface area contributed by atoms with Crippen LogP contribution >= 0.6 is 0 Å². The van der Waals surface area contributed by atoms with Gasteiger partial charge in [0.05, 0.1) is 0 Å². The van der Waals surface area contributed by atoms with Crippen LogP contribution in [0.1, 0.15) is 43.6 Å². The van der Waals surface area contributed by atoms with Crippen LogP contribution in [0.2, 0.25) is 0 Å². The second kappa shape index (κ2) is 6.73. The van der Waals surface area contributed by atoms with Crippen molar-refractivity contribution in [1.82, 2.24) is 4.40 Å². The van der Waals surface area contributed by atoms with Crippen molar-refractivity contribution < 1.29 is 4.40 Å². The number of rotatable bonds is 2. The lowest BCUT2D eigenvalue weighted by atomic mass is 9.84. The standard InChI is InChI=1S/C27H28N3/c1-28(2)23-12-14-26-22(17-23)8-11-24-18-29-25-13-9-20(19-6-4-3-5-7-19)16-21(25)10-15-27(29)30(24)26/h8-19H,3-7H2,1-2H3/q+1. The average Bonchev–Trinajstić information content (AvgIpc) is 3.18. The molecule has 0 spiro atoms. The molecule has 0 saturated heterocycles. The maximum atomic E-state index is 2.43. The minimum absolute atomic E-state index is 0.742. The molecule has 0 atom stereocenters. The normalized spacial score (nSPS) is 15.5. The lowest BCUT2D eigenvalue weighted by Gasteiger charge is -2.22. The van der Waals surface area contributed by atoms with Gasteiger partial charge in [-0.2, -0.15) is 8.80 Å². The van der Waals surface area contributed by atoms with E-state index in [1.807, 2.05) is 0 Å². The largest absolute Gasteiger partial charge is 0.378 e. The fourth-order valence-corrected chi connectivity index (χ4v) is 5.34. The molecule has 3 heteroatoms. The summed E-state index contributed by atoms with van der Waals surface area (Å²) >= 11 is 0. The van der Waals surface area contributed by atoms with Gasteiger partial charge in [0.15, 0.2) is 5.52 Å². The van der Waals surface area contributed by atoms with Gasteiger partial charge >= 0.3 is 0 Å². The Morgan fingerprint density at radius 2 is 1.67 bits per heavy atom. The van der Waals surface area contributed by atoms with Crippen molar-refractivity contribution >= 4 is 38.7 Å². The fourth-order valence-electron chi connectivity index (χ4n) is 5.34. The predicted molar refractivity (Wildman–Crippen MR) is 126 cm³/mol. The van der Waals surface area contributed by atoms with Crippen LogP contribution in [-0.4, -0.2) is 18.5 Å². The number of imidazole rings is 1. The summed E-state index contributed by atoms with van der Waals surface area (Å²) in [6.45, 7) is 0. The molecular formula is C27H28N3+. The Bertz CT molecular complexity index is 1400. The maximum Gasteiger partial charge on any atom is 0.292 e. The van der Waals surface area contributed by atoms with E-state index in [0.717, 1.165) is 5.92 Å². The number of hydrogen-bond donors (Lipinski definition) is 0. The van der Waals surface area contributed by atoms with Crippen molar-refractivity contribution in [2.75, 3.05) is 19.0 Å². The molecule has 3 aromatic heterocycles. The van der Waals surface area contributed by atoms with E-state index in [-0.39, 0.29) is 0 Å². The van der Waals surface area contributed by atoms with Gasteiger partial charge in [0.1, 0.15) is 17.2 Å². The molecule has 5 aromatic rings. The minimum atomic E-state index is 0.742. The molecule has 0 bridgehead atoms. The molecule has 1 fully saturated rings. The summed E-state index contributed by atoms with van der Waals surface area (Å²) in [5.74, 6) is 0.742. The van der Waals surface area contributed by atoms with Crippen LogP contribution in [-0.2, 0) is 0 Å². The van der Waals surface area contributed by atoms with Crippen molar-refractivity contribution in [3.05, 3.63) is 72.4 Å². The smallest absolute Gasteiger partial charge is 0.292 e. The van der Waals surface area contributed by atoms with Gasteiger partial charge in [0, 0.05) is 36.6 Å². The van der Waals surface area contributed by atoms with Crippen molar-refractivity contribution in [3.8, 4) is 0 Å². The van der Waals surface area contributed by atoms with Crippen LogP contribution < -0.4 is 9.30 Å². The first-order valence-electron chi connectivity index (χ1n) is 11.2. The predicted octanol–water partition coefficient (Wildman–Crippen LogP) is 6.10. The number of benzene rings is 2. The number of nitrogens with zero attached hydrogens (tertiary/aromatic N) is 3. The Hall–Kier alpha value is -3.07. The number of pyridine rings is 2. The Labute approximate surface area is 177 Å². The van der Waals surface area contributed by atoms with Gasteiger partial charge in [-0.25, -0.2) is 0 Å². The Balaban J connectivity index is 1.56. The molecule has 1 saturated carbocycles. The molecule has 0 aliphatic heterocycles. The lowest BCUT2D eigenvalue weighted by molar-refractivity contribution is -0.479. The number of anilines is 1. The van der Waals surface area contributed by atoms with E-state index in [1.54, 1.807) is 0 Å². The molecule has 3 heterocycles. The topological polar surface area (TPSA) is 11.8 Å². The third-order valence-electron chi connectivity index (χ3n) is 7.00. The average molecular weight is 395 g/mol. The molecular weight excluding hydrogens is 366 g/mol. The highest BCUT2D eigenvalue weighted by atomic mass is 15.1. The highest BCUT2D eigenvalue weighted by molar-refractivity contribution is 5.88. The SMILES string of the molecule is CN(C)c1ccc2c(ccc3c[n+]4c5ccc(C6CCCCC6)cc5ccc4n32)c1. The first-order chi connectivity index (χ1) is 14.7. The summed E-state index contributed by atoms with van der Waals surface area (Å²) in [5, 5.41) is 2.60. The van der Waals surface area contributed by atoms with Crippen molar-refractivity contribution in [1.29, 1.82) is 0 Å². The monoisotopic (exact) mass is 394 g/mol. The second-order valence-corrected chi connectivity index (χ2v) is 9.07. The van der Waals surface area contributed by atoms with Gasteiger partial charge in [-0.3, -0.25) is 0 Å². The minimum Gasteiger partial charge on any atom is -0.378 e. The molecule has 6 rings (SSSR count). The van der Waals surface area contributed by atoms with E-state index in [0.29, 0.717) is 0 Å². The number of hydrogen-bond acceptors (Lipinski definition) is 1. The van der Waals surface area contributed by atoms with Crippen LogP contribution in [0.25, 0.3) is 33.0 Å². The van der Waals surface area contributed by atoms with Crippen LogP contribution in [0, 0.1) is 0 Å². The molecule has 0 unspecified atom stereocenters. The Morgan fingerprint density at radius 3 is 2.50 bits per heavy atom. The highest BCUT2D eigenvalue weighted by Crippen LogP contribution is 2.34. The molecule has 0 radical (unpaired) electrons. The Kier molecular flexibility index (Phi) is 3.98. The van der Waals surface area contributed by atoms with E-state index >= 15 is 0 Å². The van der Waals surface area contributed by atoms with E-state index in [1.165, 1.54) is 76.3 Å². The summed E-state index contributed by atoms with van der Waals surface area (Å²) in [5.41, 5.74) is 7.72. The molecule has 2 aromatic carbocycles. The third kappa shape index (κ3) is 2.68. The lowest BCUT2D eigenvalue weighted by Crippen LogP contribution is -2.20. The quantitative estimate of drug-likeness (QED) is 0.330. The van der Waals surface area contributed by atoms with Crippen molar-refractivity contribution in [2.45, 2.75) is 38.0 Å². The van der Waals surface area contributed by atoms with Crippen LogP contribution in [0.3, 0.4) is 0 Å². The molecule has 1 aliphatic carbocycles. The maximum absolute atomic E-state index is 2.43. The van der Waals surface area contributed by atoms with Gasteiger partial charge in [-0.15, -0.1) is 0 Å². The van der Waals surface area contributed by atoms with Gasteiger partial charge in [-0.1, -0.05) is 25.3 Å². The van der Waals surface area contributed by atoms with E-state index in [4.69, 9.17) is 0 Å². The molecule has 3 nitrogen and oxygen atoms in total. The van der Waals surface area contributed by atoms with Gasteiger partial charge in [0.2, 0.25) is 0 Å². The van der Waals surface area contributed by atoms with Crippen LogP contribution in [0.5, 0.6) is 0 Å². The molecule has 1 aliphatic rings. The van der Waals surface area contributed by atoms with Crippen molar-refractivity contribution in [3.63, 3.8) is 0 Å². The summed E-state index contributed by atoms with van der Waals surface area (Å²) in [6.07, 6.45) is 9.13. The summed E-state index contributed by atoms with van der Waals surface area (Å²) in [4.78, 5) is 2.16. The van der Waals surface area contributed by atoms with Gasteiger partial charge in [0.25, 0.3) is 5.65 Å². The zero-order valence-electron chi connectivity index (χ0n) is 17.8. The third-order valence-corrected chi connectivity index (χ3v) is 7.00. The number of aromatic nitrogens is 2. The fraction of sp³-hybridized carbons (Fsp3) is 0.296. The summed E-state index contributed by atoms with van der Waals surface area (Å²) in [7, 11) is 4.18. The summed E-state index contributed by atoms with van der Waals surface area (Å²) < 4.78 is 4.73. The second-order valence-electron chi connectivity index (χ2n) is 9.07. The van der Waals surface area contributed by atoms with Crippen LogP contribution in [0.4, 0.5) is 5.69 Å². The summed E-state index contributed by atoms with van der Waals surface area (Å²) in [6, 6.07) is 22.9. The van der Waals surface area contributed by atoms with E-state index in [2.05, 4.69) is 94.7 Å². The zero-order valence-corrected chi connectivity index (χ0v) is 17.8. The first-order valence-corrected chi connectivity index (χ1v) is 11.2. The zero-order chi connectivity index (χ0) is 20.2. The molecule has 0 amide bonds. The highest BCUT2D eigenvalue weighted by Gasteiger charge is 2.19. The van der Waals surface area contributed by atoms with Crippen molar-refractivity contribution in [2.24, 2.45) is 0 Å². The van der Waals surface area contributed by atoms with Crippen LogP contribution in [0.15, 0.2) is 66.9 Å². The van der Waals surface area contributed by atoms with E-state index < -0.39 is 0 Å². The Morgan fingerprint density at radius 1 is 0.833 bits per heavy atom. The molecule has 0 N–H and O–H groups in total.